The molecular formula is C26H32N4O. The highest BCUT2D eigenvalue weighted by Gasteiger charge is 2.30. The molecule has 0 spiro atoms. The van der Waals surface area contributed by atoms with E-state index in [1.165, 1.54) is 31.2 Å². The van der Waals surface area contributed by atoms with Crippen LogP contribution in [0.2, 0.25) is 0 Å². The number of nitrogens with zero attached hydrogens (tertiary/aromatic N) is 4. The van der Waals surface area contributed by atoms with Crippen LogP contribution in [0.4, 0.5) is 0 Å². The molecule has 31 heavy (non-hydrogen) atoms. The maximum Gasteiger partial charge on any atom is 0.253 e. The van der Waals surface area contributed by atoms with Gasteiger partial charge in [-0.25, -0.2) is 4.98 Å². The quantitative estimate of drug-likeness (QED) is 0.612. The molecule has 1 aliphatic carbocycles. The van der Waals surface area contributed by atoms with E-state index in [0.29, 0.717) is 6.04 Å². The molecule has 1 amide bonds. The number of hydrogen-bond donors (Lipinski definition) is 0. The summed E-state index contributed by atoms with van der Waals surface area (Å²) < 4.78 is 2.15. The molecule has 1 aliphatic heterocycles. The van der Waals surface area contributed by atoms with Gasteiger partial charge in [-0.3, -0.25) is 4.79 Å². The molecule has 5 nitrogen and oxygen atoms in total. The average molecular weight is 417 g/mol. The Morgan fingerprint density at radius 1 is 1.00 bits per heavy atom. The van der Waals surface area contributed by atoms with E-state index in [1.54, 1.807) is 0 Å². The van der Waals surface area contributed by atoms with Gasteiger partial charge in [-0.1, -0.05) is 37.1 Å². The zero-order chi connectivity index (χ0) is 21.2. The first kappa shape index (κ1) is 20.3. The highest BCUT2D eigenvalue weighted by atomic mass is 16.2. The van der Waals surface area contributed by atoms with Crippen LogP contribution in [0.5, 0.6) is 0 Å². The van der Waals surface area contributed by atoms with Crippen LogP contribution in [-0.2, 0) is 6.54 Å². The lowest BCUT2D eigenvalue weighted by atomic mass is 10.00. The number of aromatic nitrogens is 2. The van der Waals surface area contributed by atoms with Crippen LogP contribution in [0.25, 0.3) is 11.0 Å². The number of piperidine rings is 1. The minimum absolute atomic E-state index is 0.138. The van der Waals surface area contributed by atoms with Crippen LogP contribution in [-0.4, -0.2) is 57.5 Å². The summed E-state index contributed by atoms with van der Waals surface area (Å²) in [5, 5.41) is 0. The zero-order valence-electron chi connectivity index (χ0n) is 18.4. The molecule has 0 atom stereocenters. The normalized spacial score (nSPS) is 18.6. The van der Waals surface area contributed by atoms with Gasteiger partial charge in [-0.2, -0.15) is 0 Å². The molecule has 1 aromatic heterocycles. The lowest BCUT2D eigenvalue weighted by molar-refractivity contribution is 0.0598. The van der Waals surface area contributed by atoms with E-state index >= 15 is 0 Å². The molecule has 1 saturated heterocycles. The van der Waals surface area contributed by atoms with Crippen molar-refractivity contribution in [3.63, 3.8) is 0 Å². The highest BCUT2D eigenvalue weighted by Crippen LogP contribution is 2.27. The van der Waals surface area contributed by atoms with Crippen molar-refractivity contribution < 1.29 is 4.79 Å². The smallest absolute Gasteiger partial charge is 0.253 e. The minimum atomic E-state index is 0.138. The van der Waals surface area contributed by atoms with Gasteiger partial charge in [-0.15, -0.1) is 0 Å². The Balaban J connectivity index is 1.20. The number of carbonyl (C=O) groups excluding carboxylic acids is 1. The fourth-order valence-electron chi connectivity index (χ4n) is 5.36. The molecule has 2 heterocycles. The predicted octanol–water partition coefficient (Wildman–Crippen LogP) is 4.56. The van der Waals surface area contributed by atoms with Crippen molar-refractivity contribution in [1.82, 2.24) is 19.4 Å². The lowest BCUT2D eigenvalue weighted by Gasteiger charge is -2.39. The number of hydrogen-bond acceptors (Lipinski definition) is 3. The molecule has 2 fully saturated rings. The summed E-state index contributed by atoms with van der Waals surface area (Å²) in [6, 6.07) is 17.4. The van der Waals surface area contributed by atoms with Gasteiger partial charge in [-0.05, 0) is 55.5 Å². The van der Waals surface area contributed by atoms with Crippen LogP contribution >= 0.6 is 0 Å². The molecule has 0 bridgehead atoms. The molecule has 0 unspecified atom stereocenters. The largest absolute Gasteiger partial charge is 0.339 e. The van der Waals surface area contributed by atoms with Gasteiger partial charge in [0.2, 0.25) is 0 Å². The maximum atomic E-state index is 13.1. The molecule has 5 heteroatoms. The molecular weight excluding hydrogens is 384 g/mol. The fourth-order valence-corrected chi connectivity index (χ4v) is 5.36. The van der Waals surface area contributed by atoms with Crippen LogP contribution in [0.15, 0.2) is 54.9 Å². The molecule has 0 radical (unpaired) electrons. The summed E-state index contributed by atoms with van der Waals surface area (Å²) in [5.41, 5.74) is 4.09. The number of imidazole rings is 1. The second kappa shape index (κ2) is 8.83. The number of rotatable bonds is 5. The summed E-state index contributed by atoms with van der Waals surface area (Å²) >= 11 is 0. The van der Waals surface area contributed by atoms with Crippen LogP contribution in [0.3, 0.4) is 0 Å². The van der Waals surface area contributed by atoms with Gasteiger partial charge in [0.25, 0.3) is 5.91 Å². The summed E-state index contributed by atoms with van der Waals surface area (Å²) in [7, 11) is 1.98. The number of para-hydroxylation sites is 2. The van der Waals surface area contributed by atoms with E-state index in [0.717, 1.165) is 55.1 Å². The number of benzene rings is 2. The Hall–Kier alpha value is -2.66. The summed E-state index contributed by atoms with van der Waals surface area (Å²) in [6.07, 6.45) is 9.55. The van der Waals surface area contributed by atoms with E-state index in [9.17, 15) is 4.79 Å². The van der Waals surface area contributed by atoms with Gasteiger partial charge < -0.3 is 14.4 Å². The van der Waals surface area contributed by atoms with Gasteiger partial charge in [0, 0.05) is 44.3 Å². The third kappa shape index (κ3) is 4.24. The topological polar surface area (TPSA) is 41.4 Å². The Morgan fingerprint density at radius 3 is 2.45 bits per heavy atom. The fraction of sp³-hybridized carbons (Fsp3) is 0.462. The molecule has 0 N–H and O–H groups in total. The van der Waals surface area contributed by atoms with Crippen molar-refractivity contribution in [2.75, 3.05) is 20.1 Å². The first-order chi connectivity index (χ1) is 15.2. The maximum absolute atomic E-state index is 13.1. The van der Waals surface area contributed by atoms with E-state index in [4.69, 9.17) is 0 Å². The van der Waals surface area contributed by atoms with Crippen molar-refractivity contribution in [3.05, 3.63) is 66.0 Å². The number of fused-ring (bicyclic) bond motifs is 1. The average Bonchev–Trinajstić information content (AvgIpc) is 3.50. The van der Waals surface area contributed by atoms with Gasteiger partial charge in [0.05, 0.1) is 17.4 Å². The summed E-state index contributed by atoms with van der Waals surface area (Å²) in [6.45, 7) is 3.01. The van der Waals surface area contributed by atoms with Crippen LogP contribution in [0.1, 0.15) is 54.4 Å². The van der Waals surface area contributed by atoms with Crippen molar-refractivity contribution >= 4 is 16.9 Å². The molecule has 162 valence electrons. The van der Waals surface area contributed by atoms with E-state index < -0.39 is 0 Å². The number of amides is 1. The van der Waals surface area contributed by atoms with Crippen LogP contribution in [0, 0.1) is 0 Å². The third-order valence-corrected chi connectivity index (χ3v) is 7.29. The number of carbonyl (C=O) groups is 1. The first-order valence-corrected chi connectivity index (χ1v) is 11.7. The second-order valence-electron chi connectivity index (χ2n) is 9.18. The van der Waals surface area contributed by atoms with Gasteiger partial charge in [0.1, 0.15) is 0 Å². The van der Waals surface area contributed by atoms with Gasteiger partial charge in [0.15, 0.2) is 0 Å². The van der Waals surface area contributed by atoms with E-state index in [2.05, 4.69) is 32.7 Å². The lowest BCUT2D eigenvalue weighted by Crippen LogP contribution is -2.48. The Labute approximate surface area is 184 Å². The Morgan fingerprint density at radius 2 is 1.71 bits per heavy atom. The number of likely N-dealkylation sites (tertiary alicyclic amines) is 1. The first-order valence-electron chi connectivity index (χ1n) is 11.7. The molecule has 3 aromatic rings. The van der Waals surface area contributed by atoms with E-state index in [1.807, 2.05) is 48.6 Å². The standard InChI is InChI=1S/C26H32N4O/c1-28(22-14-16-29(17-15-22)23-6-2-3-7-23)26(31)21-12-10-20(11-13-21)18-30-19-27-24-8-4-5-9-25(24)30/h4-5,8-13,19,22-23H,2-3,6-7,14-18H2,1H3. The molecule has 2 aliphatic rings. The van der Waals surface area contributed by atoms with Gasteiger partial charge >= 0.3 is 0 Å². The van der Waals surface area contributed by atoms with Crippen molar-refractivity contribution in [2.24, 2.45) is 0 Å². The minimum Gasteiger partial charge on any atom is -0.339 e. The molecule has 2 aromatic carbocycles. The monoisotopic (exact) mass is 416 g/mol. The molecule has 5 rings (SSSR count). The van der Waals surface area contributed by atoms with Crippen molar-refractivity contribution in [1.29, 1.82) is 0 Å². The predicted molar refractivity (Wildman–Crippen MR) is 124 cm³/mol. The summed E-state index contributed by atoms with van der Waals surface area (Å²) in [5.74, 6) is 0.138. The Bertz CT molecular complexity index is 1030. The van der Waals surface area contributed by atoms with Crippen molar-refractivity contribution in [3.8, 4) is 0 Å². The van der Waals surface area contributed by atoms with Crippen LogP contribution < -0.4 is 0 Å². The Kier molecular flexibility index (Phi) is 5.77. The highest BCUT2D eigenvalue weighted by molar-refractivity contribution is 5.94. The van der Waals surface area contributed by atoms with E-state index in [-0.39, 0.29) is 5.91 Å². The zero-order valence-corrected chi connectivity index (χ0v) is 18.4. The SMILES string of the molecule is CN(C(=O)c1ccc(Cn2cnc3ccccc32)cc1)C1CCN(C2CCCC2)CC1. The summed E-state index contributed by atoms with van der Waals surface area (Å²) in [4.78, 5) is 22.2. The van der Waals surface area contributed by atoms with Crippen molar-refractivity contribution in [2.45, 2.75) is 57.2 Å². The second-order valence-corrected chi connectivity index (χ2v) is 9.18. The molecule has 1 saturated carbocycles. The third-order valence-electron chi connectivity index (χ3n) is 7.29.